The number of nitrogens with one attached hydrogen (secondary N) is 1. The molecule has 0 spiro atoms. The molecule has 1 aromatic rings. The highest BCUT2D eigenvalue weighted by Crippen LogP contribution is 2.30. The predicted octanol–water partition coefficient (Wildman–Crippen LogP) is 2.58. The van der Waals surface area contributed by atoms with E-state index in [-0.39, 0.29) is 53.7 Å². The molecule has 1 saturated carbocycles. The second kappa shape index (κ2) is 10.9. The minimum Gasteiger partial charge on any atom is -0.491 e. The standard InChI is InChI=1S/C24H37N3O6S/c1-16-13-27(23(28)18-8-6-7-9-18)17(2)15-33-21-11-10-19(25-34(5,30)31)12-20(21)24(29)26(3)14-22(16)32-4/h10-12,16-18,22,25H,6-9,13-15H2,1-5H3/t16-,17-,22+/m0/s1. The van der Waals surface area contributed by atoms with Crippen LogP contribution in [0.1, 0.15) is 49.9 Å². The Labute approximate surface area is 202 Å². The molecule has 1 fully saturated rings. The largest absolute Gasteiger partial charge is 0.491 e. The minimum absolute atomic E-state index is 0.00909. The summed E-state index contributed by atoms with van der Waals surface area (Å²) < 4.78 is 37.6. The molecule has 3 atom stereocenters. The van der Waals surface area contributed by atoms with Crippen molar-refractivity contribution < 1.29 is 27.5 Å². The SMILES string of the molecule is CO[C@@H]1CN(C)C(=O)c2cc(NS(C)(=O)=O)ccc2OC[C@H](C)N(C(=O)C2CCCC2)C[C@@H]1C. The zero-order chi connectivity index (χ0) is 25.0. The van der Waals surface area contributed by atoms with Crippen molar-refractivity contribution in [1.29, 1.82) is 0 Å². The minimum atomic E-state index is -3.51. The molecule has 2 aliphatic rings. The molecule has 34 heavy (non-hydrogen) atoms. The van der Waals surface area contributed by atoms with E-state index >= 15 is 0 Å². The molecule has 1 aromatic carbocycles. The van der Waals surface area contributed by atoms with Crippen LogP contribution in [0.15, 0.2) is 18.2 Å². The third-order valence-corrected chi connectivity index (χ3v) is 7.34. The molecular formula is C24H37N3O6S. The average Bonchev–Trinajstić information content (AvgIpc) is 3.32. The summed E-state index contributed by atoms with van der Waals surface area (Å²) in [5.41, 5.74) is 0.529. The molecule has 190 valence electrons. The van der Waals surface area contributed by atoms with E-state index in [1.165, 1.54) is 6.07 Å². The number of hydrogen-bond donors (Lipinski definition) is 1. The fraction of sp³-hybridized carbons (Fsp3) is 0.667. The van der Waals surface area contributed by atoms with Gasteiger partial charge in [-0.15, -0.1) is 0 Å². The van der Waals surface area contributed by atoms with E-state index in [9.17, 15) is 18.0 Å². The van der Waals surface area contributed by atoms with Gasteiger partial charge in [0.25, 0.3) is 5.91 Å². The molecule has 0 unspecified atom stereocenters. The number of sulfonamides is 1. The van der Waals surface area contributed by atoms with Crippen LogP contribution in [-0.2, 0) is 19.6 Å². The number of anilines is 1. The zero-order valence-electron chi connectivity index (χ0n) is 20.7. The van der Waals surface area contributed by atoms with Gasteiger partial charge in [-0.1, -0.05) is 19.8 Å². The van der Waals surface area contributed by atoms with Crippen molar-refractivity contribution >= 4 is 27.5 Å². The number of benzene rings is 1. The van der Waals surface area contributed by atoms with Gasteiger partial charge in [0, 0.05) is 44.8 Å². The number of rotatable bonds is 4. The highest BCUT2D eigenvalue weighted by Gasteiger charge is 2.34. The van der Waals surface area contributed by atoms with E-state index in [2.05, 4.69) is 4.72 Å². The molecule has 1 aliphatic heterocycles. The molecule has 0 radical (unpaired) electrons. The van der Waals surface area contributed by atoms with Gasteiger partial charge in [-0.2, -0.15) is 0 Å². The van der Waals surface area contributed by atoms with Crippen molar-refractivity contribution in [3.05, 3.63) is 23.8 Å². The Kier molecular flexibility index (Phi) is 8.46. The van der Waals surface area contributed by atoms with Crippen LogP contribution >= 0.6 is 0 Å². The van der Waals surface area contributed by atoms with Crippen LogP contribution in [0.2, 0.25) is 0 Å². The third kappa shape index (κ3) is 6.41. The van der Waals surface area contributed by atoms with Crippen molar-refractivity contribution in [2.24, 2.45) is 11.8 Å². The maximum atomic E-state index is 13.4. The first-order valence-corrected chi connectivity index (χ1v) is 13.7. The van der Waals surface area contributed by atoms with Crippen LogP contribution in [0, 0.1) is 11.8 Å². The summed E-state index contributed by atoms with van der Waals surface area (Å²) in [6, 6.07) is 4.43. The Balaban J connectivity index is 1.96. The molecular weight excluding hydrogens is 458 g/mol. The monoisotopic (exact) mass is 495 g/mol. The van der Waals surface area contributed by atoms with Crippen molar-refractivity contribution in [2.45, 2.75) is 51.7 Å². The van der Waals surface area contributed by atoms with Gasteiger partial charge in [0.2, 0.25) is 15.9 Å². The van der Waals surface area contributed by atoms with Gasteiger partial charge >= 0.3 is 0 Å². The second-order valence-electron chi connectivity index (χ2n) is 9.65. The van der Waals surface area contributed by atoms with Crippen molar-refractivity contribution in [1.82, 2.24) is 9.80 Å². The Morgan fingerprint density at radius 2 is 1.85 bits per heavy atom. The van der Waals surface area contributed by atoms with Gasteiger partial charge in [0.15, 0.2) is 0 Å². The topological polar surface area (TPSA) is 105 Å². The lowest BCUT2D eigenvalue weighted by molar-refractivity contribution is -0.139. The number of methoxy groups -OCH3 is 1. The van der Waals surface area contributed by atoms with Gasteiger partial charge in [-0.25, -0.2) is 8.42 Å². The summed E-state index contributed by atoms with van der Waals surface area (Å²) in [4.78, 5) is 30.2. The normalized spacial score (nSPS) is 25.2. The number of carbonyl (C=O) groups excluding carboxylic acids is 2. The Hall–Kier alpha value is -2.33. The summed E-state index contributed by atoms with van der Waals surface area (Å²) in [6.07, 6.45) is 4.77. The van der Waals surface area contributed by atoms with E-state index < -0.39 is 10.0 Å². The molecule has 0 saturated heterocycles. The smallest absolute Gasteiger partial charge is 0.257 e. The van der Waals surface area contributed by atoms with Gasteiger partial charge in [0.1, 0.15) is 12.4 Å². The highest BCUT2D eigenvalue weighted by atomic mass is 32.2. The number of carbonyl (C=O) groups is 2. The first-order valence-electron chi connectivity index (χ1n) is 11.8. The maximum Gasteiger partial charge on any atom is 0.257 e. The molecule has 3 rings (SSSR count). The third-order valence-electron chi connectivity index (χ3n) is 6.74. The van der Waals surface area contributed by atoms with Crippen molar-refractivity contribution in [2.75, 3.05) is 44.8 Å². The lowest BCUT2D eigenvalue weighted by atomic mass is 9.99. The van der Waals surface area contributed by atoms with Gasteiger partial charge in [-0.05, 0) is 38.0 Å². The van der Waals surface area contributed by atoms with Crippen molar-refractivity contribution in [3.8, 4) is 5.75 Å². The van der Waals surface area contributed by atoms with Gasteiger partial charge < -0.3 is 19.3 Å². The predicted molar refractivity (Wildman–Crippen MR) is 130 cm³/mol. The quantitative estimate of drug-likeness (QED) is 0.688. The molecule has 1 aliphatic carbocycles. The van der Waals surface area contributed by atoms with Crippen LogP contribution in [0.25, 0.3) is 0 Å². The van der Waals surface area contributed by atoms with Crippen LogP contribution < -0.4 is 9.46 Å². The van der Waals surface area contributed by atoms with Crippen LogP contribution in [0.4, 0.5) is 5.69 Å². The molecule has 9 nitrogen and oxygen atoms in total. The molecule has 1 heterocycles. The Morgan fingerprint density at radius 1 is 1.18 bits per heavy atom. The molecule has 0 aromatic heterocycles. The van der Waals surface area contributed by atoms with Gasteiger partial charge in [-0.3, -0.25) is 14.3 Å². The van der Waals surface area contributed by atoms with Gasteiger partial charge in [0.05, 0.1) is 24.0 Å². The molecule has 2 amide bonds. The fourth-order valence-corrected chi connectivity index (χ4v) is 5.32. The number of amides is 2. The Morgan fingerprint density at radius 3 is 2.47 bits per heavy atom. The number of nitrogens with zero attached hydrogens (tertiary/aromatic N) is 2. The first-order chi connectivity index (χ1) is 16.0. The molecule has 0 bridgehead atoms. The fourth-order valence-electron chi connectivity index (χ4n) is 4.77. The summed E-state index contributed by atoms with van der Waals surface area (Å²) in [5, 5.41) is 0. The van der Waals surface area contributed by atoms with Crippen LogP contribution in [-0.4, -0.2) is 82.3 Å². The Bertz CT molecular complexity index is 992. The van der Waals surface area contributed by atoms with Crippen molar-refractivity contribution in [3.63, 3.8) is 0 Å². The van der Waals surface area contributed by atoms with E-state index in [1.807, 2.05) is 18.7 Å². The summed E-state index contributed by atoms with van der Waals surface area (Å²) >= 11 is 0. The maximum absolute atomic E-state index is 13.4. The average molecular weight is 496 g/mol. The van der Waals surface area contributed by atoms with E-state index in [4.69, 9.17) is 9.47 Å². The summed E-state index contributed by atoms with van der Waals surface area (Å²) in [7, 11) is -0.216. The second-order valence-corrected chi connectivity index (χ2v) is 11.4. The summed E-state index contributed by atoms with van der Waals surface area (Å²) in [6.45, 7) is 5.04. The first kappa shape index (κ1) is 26.3. The number of ether oxygens (including phenoxy) is 2. The van der Waals surface area contributed by atoms with Crippen LogP contribution in [0.3, 0.4) is 0 Å². The van der Waals surface area contributed by atoms with E-state index in [0.29, 0.717) is 18.8 Å². The lowest BCUT2D eigenvalue weighted by Gasteiger charge is -2.37. The molecule has 1 N–H and O–H groups in total. The van der Waals surface area contributed by atoms with E-state index in [0.717, 1.165) is 31.9 Å². The highest BCUT2D eigenvalue weighted by molar-refractivity contribution is 7.92. The van der Waals surface area contributed by atoms with Crippen LogP contribution in [0.5, 0.6) is 5.75 Å². The number of likely N-dealkylation sites (N-methyl/N-ethyl adjacent to an activating group) is 1. The number of fused-ring (bicyclic) bond motifs is 1. The van der Waals surface area contributed by atoms with E-state index in [1.54, 1.807) is 31.2 Å². The zero-order valence-corrected chi connectivity index (χ0v) is 21.6. The molecule has 10 heteroatoms. The summed E-state index contributed by atoms with van der Waals surface area (Å²) in [5.74, 6) is 0.242. The lowest BCUT2D eigenvalue weighted by Crippen LogP contribution is -2.50. The number of hydrogen-bond acceptors (Lipinski definition) is 6.